The van der Waals surface area contributed by atoms with Crippen LogP contribution in [0.25, 0.3) is 10.2 Å². The van der Waals surface area contributed by atoms with Crippen molar-refractivity contribution in [2.45, 2.75) is 47.5 Å². The molecule has 0 N–H and O–H groups in total. The fourth-order valence-electron chi connectivity index (χ4n) is 1.32. The topological polar surface area (TPSA) is 12.9 Å². The van der Waals surface area contributed by atoms with Gasteiger partial charge in [0.05, 0.1) is 15.2 Å². The van der Waals surface area contributed by atoms with Gasteiger partial charge in [0, 0.05) is 0 Å². The van der Waals surface area contributed by atoms with Gasteiger partial charge in [0.25, 0.3) is 0 Å². The molecule has 0 aliphatic rings. The van der Waals surface area contributed by atoms with Crippen LogP contribution in [0, 0.1) is 6.92 Å². The number of rotatable bonds is 2. The largest absolute Gasteiger partial charge is 0.242 e. The maximum atomic E-state index is 4.33. The smallest absolute Gasteiger partial charge is 0.0907 e. The first kappa shape index (κ1) is 16.9. The fourth-order valence-corrected chi connectivity index (χ4v) is 2.15. The van der Waals surface area contributed by atoms with Crippen molar-refractivity contribution in [1.82, 2.24) is 4.98 Å². The van der Waals surface area contributed by atoms with Gasteiger partial charge in [-0.05, 0) is 31.9 Å². The molecular weight excluding hydrogens is 238 g/mol. The van der Waals surface area contributed by atoms with E-state index in [4.69, 9.17) is 0 Å². The molecule has 0 amide bonds. The van der Waals surface area contributed by atoms with Gasteiger partial charge in [0.2, 0.25) is 0 Å². The van der Waals surface area contributed by atoms with Crippen LogP contribution in [0.2, 0.25) is 0 Å². The third kappa shape index (κ3) is 6.55. The van der Waals surface area contributed by atoms with Gasteiger partial charge in [-0.15, -0.1) is 11.3 Å². The number of hydrogen-bond donors (Lipinski definition) is 0. The van der Waals surface area contributed by atoms with Crippen LogP contribution >= 0.6 is 11.3 Å². The molecule has 0 aliphatic carbocycles. The predicted molar refractivity (Wildman–Crippen MR) is 85.4 cm³/mol. The highest BCUT2D eigenvalue weighted by molar-refractivity contribution is 7.18. The zero-order valence-electron chi connectivity index (χ0n) is 12.2. The predicted octanol–water partition coefficient (Wildman–Crippen LogP) is 5.99. The zero-order chi connectivity index (χ0) is 13.8. The van der Waals surface area contributed by atoms with Crippen LogP contribution in [0.1, 0.15) is 45.5 Å². The third-order valence-electron chi connectivity index (χ3n) is 2.04. The van der Waals surface area contributed by atoms with E-state index in [0.717, 1.165) is 10.5 Å². The molecule has 0 aliphatic heterocycles. The van der Waals surface area contributed by atoms with Gasteiger partial charge in [-0.3, -0.25) is 0 Å². The molecule has 1 heterocycles. The Balaban J connectivity index is 0.000000315. The lowest BCUT2D eigenvalue weighted by molar-refractivity contribution is 1.16. The number of thiazole rings is 1. The molecule has 2 heteroatoms. The van der Waals surface area contributed by atoms with Crippen molar-refractivity contribution >= 4 is 21.6 Å². The first-order valence-corrected chi connectivity index (χ1v) is 7.56. The summed E-state index contributed by atoms with van der Waals surface area (Å²) < 4.78 is 1.28. The summed E-state index contributed by atoms with van der Waals surface area (Å²) in [6.45, 7) is 10.3. The molecule has 1 nitrogen and oxygen atoms in total. The normalized spacial score (nSPS) is 9.61. The zero-order valence-corrected chi connectivity index (χ0v) is 13.1. The van der Waals surface area contributed by atoms with Crippen LogP contribution < -0.4 is 0 Å². The van der Waals surface area contributed by atoms with Crippen molar-refractivity contribution in [1.29, 1.82) is 0 Å². The van der Waals surface area contributed by atoms with E-state index in [0.29, 0.717) is 0 Å². The van der Waals surface area contributed by atoms with Crippen molar-refractivity contribution in [3.8, 4) is 0 Å². The van der Waals surface area contributed by atoms with Crippen molar-refractivity contribution in [3.63, 3.8) is 0 Å². The van der Waals surface area contributed by atoms with Crippen molar-refractivity contribution in [2.24, 2.45) is 0 Å². The second-order valence-electron chi connectivity index (χ2n) is 3.49. The first-order valence-electron chi connectivity index (χ1n) is 6.75. The highest BCUT2D eigenvalue weighted by Gasteiger charge is 1.95. The van der Waals surface area contributed by atoms with E-state index in [2.05, 4.69) is 37.0 Å². The summed E-state index contributed by atoms with van der Waals surface area (Å²) in [6.07, 6.45) is 6.71. The van der Waals surface area contributed by atoms with E-state index >= 15 is 0 Å². The summed E-state index contributed by atoms with van der Waals surface area (Å²) >= 11 is 1.74. The lowest BCUT2D eigenvalue weighted by Crippen LogP contribution is -1.65. The van der Waals surface area contributed by atoms with E-state index in [1.807, 2.05) is 39.0 Å². The molecule has 0 bridgehead atoms. The minimum atomic E-state index is 1.12. The molecule has 0 fully saturated rings. The number of hydrogen-bond acceptors (Lipinski definition) is 2. The molecule has 2 aromatic rings. The molecule has 18 heavy (non-hydrogen) atoms. The van der Waals surface area contributed by atoms with Crippen molar-refractivity contribution < 1.29 is 0 Å². The first-order chi connectivity index (χ1) is 8.77. The molecule has 0 atom stereocenters. The molecular formula is C16H25NS. The molecule has 100 valence electrons. The summed E-state index contributed by atoms with van der Waals surface area (Å²) in [7, 11) is 0. The van der Waals surface area contributed by atoms with E-state index in [-0.39, 0.29) is 0 Å². The number of aryl methyl sites for hydroxylation is 1. The lowest BCUT2D eigenvalue weighted by Gasteiger charge is -1.80. The van der Waals surface area contributed by atoms with Crippen LogP contribution in [0.15, 0.2) is 36.4 Å². The van der Waals surface area contributed by atoms with Gasteiger partial charge in [-0.25, -0.2) is 4.98 Å². The minimum Gasteiger partial charge on any atom is -0.242 e. The standard InChI is InChI=1S/C8H7NS.C6H12.C2H6/c1-6-9-7-4-2-3-5-8(7)10-6;1-3-5-6-4-2;1-2/h2-5H,1H3;5-6H,3-4H2,1-2H3;1-2H3/b;6-5-;. The molecule has 2 rings (SSSR count). The van der Waals surface area contributed by atoms with Gasteiger partial charge in [-0.1, -0.05) is 52.0 Å². The fraction of sp³-hybridized carbons (Fsp3) is 0.438. The quantitative estimate of drug-likeness (QED) is 0.606. The average molecular weight is 263 g/mol. The highest BCUT2D eigenvalue weighted by atomic mass is 32.1. The number of aromatic nitrogens is 1. The second kappa shape index (κ2) is 11.0. The Morgan fingerprint density at radius 3 is 2.11 bits per heavy atom. The Bertz CT molecular complexity index is 404. The van der Waals surface area contributed by atoms with Gasteiger partial charge >= 0.3 is 0 Å². The summed E-state index contributed by atoms with van der Waals surface area (Å²) in [5, 5.41) is 1.14. The average Bonchev–Trinajstić information content (AvgIpc) is 2.79. The summed E-state index contributed by atoms with van der Waals surface area (Å²) in [5.41, 5.74) is 1.12. The molecule has 0 radical (unpaired) electrons. The number of benzene rings is 1. The highest BCUT2D eigenvalue weighted by Crippen LogP contribution is 2.19. The Morgan fingerprint density at radius 2 is 1.61 bits per heavy atom. The molecule has 0 saturated carbocycles. The van der Waals surface area contributed by atoms with Crippen molar-refractivity contribution in [2.75, 3.05) is 0 Å². The Hall–Kier alpha value is -1.15. The molecule has 0 saturated heterocycles. The SMILES string of the molecule is CC.CC/C=C\CC.Cc1nc2ccccc2s1. The van der Waals surface area contributed by atoms with E-state index in [1.54, 1.807) is 11.3 Å². The van der Waals surface area contributed by atoms with Crippen LogP contribution in [-0.2, 0) is 0 Å². The maximum absolute atomic E-state index is 4.33. The number of allylic oxidation sites excluding steroid dienone is 2. The van der Waals surface area contributed by atoms with Crippen LogP contribution in [0.4, 0.5) is 0 Å². The van der Waals surface area contributed by atoms with Crippen LogP contribution in [-0.4, -0.2) is 4.98 Å². The van der Waals surface area contributed by atoms with Crippen molar-refractivity contribution in [3.05, 3.63) is 41.4 Å². The minimum absolute atomic E-state index is 1.12. The van der Waals surface area contributed by atoms with Gasteiger partial charge in [0.1, 0.15) is 0 Å². The van der Waals surface area contributed by atoms with Crippen LogP contribution in [0.5, 0.6) is 0 Å². The summed E-state index contributed by atoms with van der Waals surface area (Å²) in [6, 6.07) is 8.19. The molecule has 1 aromatic heterocycles. The van der Waals surface area contributed by atoms with E-state index in [1.165, 1.54) is 17.5 Å². The Labute approximate surface area is 116 Å². The summed E-state index contributed by atoms with van der Waals surface area (Å²) in [4.78, 5) is 4.33. The summed E-state index contributed by atoms with van der Waals surface area (Å²) in [5.74, 6) is 0. The number of fused-ring (bicyclic) bond motifs is 1. The molecule has 1 aromatic carbocycles. The maximum Gasteiger partial charge on any atom is 0.0907 e. The van der Waals surface area contributed by atoms with Crippen LogP contribution in [0.3, 0.4) is 0 Å². The number of para-hydroxylation sites is 1. The molecule has 0 unspecified atom stereocenters. The second-order valence-corrected chi connectivity index (χ2v) is 4.72. The Morgan fingerprint density at radius 1 is 1.06 bits per heavy atom. The van der Waals surface area contributed by atoms with E-state index in [9.17, 15) is 0 Å². The molecule has 0 spiro atoms. The van der Waals surface area contributed by atoms with Gasteiger partial charge < -0.3 is 0 Å². The van der Waals surface area contributed by atoms with Gasteiger partial charge in [0.15, 0.2) is 0 Å². The van der Waals surface area contributed by atoms with E-state index < -0.39 is 0 Å². The Kier molecular flexibility index (Phi) is 10.3. The third-order valence-corrected chi connectivity index (χ3v) is 2.99. The lowest BCUT2D eigenvalue weighted by atomic mass is 10.3. The monoisotopic (exact) mass is 263 g/mol. The van der Waals surface area contributed by atoms with Gasteiger partial charge in [-0.2, -0.15) is 0 Å². The number of nitrogens with zero attached hydrogens (tertiary/aromatic N) is 1.